The normalized spacial score (nSPS) is 23.7. The maximum Gasteiger partial charge on any atom is 0.130 e. The van der Waals surface area contributed by atoms with E-state index < -0.39 is 0 Å². The molecule has 18 heavy (non-hydrogen) atoms. The lowest BCUT2D eigenvalue weighted by molar-refractivity contribution is 0.102. The molecule has 1 aromatic carbocycles. The molecule has 1 saturated carbocycles. The summed E-state index contributed by atoms with van der Waals surface area (Å²) < 4.78 is 19.2. The lowest BCUT2D eigenvalue weighted by atomic mass is 9.88. The second-order valence-corrected chi connectivity index (χ2v) is 5.36. The van der Waals surface area contributed by atoms with E-state index in [1.165, 1.54) is 31.4 Å². The summed E-state index contributed by atoms with van der Waals surface area (Å²) in [4.78, 5) is 0.174. The molecule has 1 aromatic rings. The predicted octanol–water partition coefficient (Wildman–Crippen LogP) is 3.42. The van der Waals surface area contributed by atoms with Gasteiger partial charge < -0.3 is 10.5 Å². The number of hydrogen-bond acceptors (Lipinski definition) is 2. The molecule has 98 valence electrons. The Balaban J connectivity index is 2.20. The monoisotopic (exact) mass is 267 g/mol. The van der Waals surface area contributed by atoms with Gasteiger partial charge in [-0.05, 0) is 43.4 Å². The van der Waals surface area contributed by atoms with Crippen LogP contribution in [-0.4, -0.2) is 11.1 Å². The number of benzene rings is 1. The Hall–Kier alpha value is -1.16. The van der Waals surface area contributed by atoms with E-state index in [1.54, 1.807) is 6.07 Å². The second kappa shape index (κ2) is 5.65. The number of hydrogen-bond donors (Lipinski definition) is 1. The van der Waals surface area contributed by atoms with Gasteiger partial charge in [-0.1, -0.05) is 25.6 Å². The summed E-state index contributed by atoms with van der Waals surface area (Å²) in [5.41, 5.74) is 6.10. The molecule has 0 aliphatic heterocycles. The summed E-state index contributed by atoms with van der Waals surface area (Å²) in [5.74, 6) is 0.771. The van der Waals surface area contributed by atoms with E-state index in [-0.39, 0.29) is 16.9 Å². The predicted molar refractivity (Wildman–Crippen MR) is 74.3 cm³/mol. The number of halogens is 1. The minimum absolute atomic E-state index is 0.174. The van der Waals surface area contributed by atoms with Gasteiger partial charge >= 0.3 is 0 Å². The first kappa shape index (κ1) is 13.3. The van der Waals surface area contributed by atoms with Gasteiger partial charge in [-0.3, -0.25) is 0 Å². The van der Waals surface area contributed by atoms with Crippen LogP contribution in [0.25, 0.3) is 0 Å². The third-order valence-corrected chi connectivity index (χ3v) is 3.74. The van der Waals surface area contributed by atoms with Crippen LogP contribution in [0.4, 0.5) is 4.39 Å². The zero-order valence-corrected chi connectivity index (χ0v) is 11.3. The molecule has 2 nitrogen and oxygen atoms in total. The van der Waals surface area contributed by atoms with E-state index in [9.17, 15) is 4.39 Å². The van der Waals surface area contributed by atoms with Crippen LogP contribution in [-0.2, 0) is 0 Å². The first-order valence-corrected chi connectivity index (χ1v) is 6.75. The molecule has 1 fully saturated rings. The molecule has 0 aromatic heterocycles. The Bertz CT molecular complexity index is 449. The zero-order valence-electron chi connectivity index (χ0n) is 10.5. The molecule has 2 N–H and O–H groups in total. The summed E-state index contributed by atoms with van der Waals surface area (Å²) in [6.07, 6.45) is 4.83. The highest BCUT2D eigenvalue weighted by atomic mass is 32.1. The number of thiocarbonyl (C=S) groups is 1. The largest absolute Gasteiger partial charge is 0.489 e. The Labute approximate surface area is 112 Å². The van der Waals surface area contributed by atoms with Gasteiger partial charge in [-0.2, -0.15) is 0 Å². The minimum atomic E-state index is -0.346. The van der Waals surface area contributed by atoms with Gasteiger partial charge in [-0.25, -0.2) is 4.39 Å². The summed E-state index contributed by atoms with van der Waals surface area (Å²) in [7, 11) is 0. The van der Waals surface area contributed by atoms with Crippen LogP contribution < -0.4 is 10.5 Å². The molecule has 4 heteroatoms. The Morgan fingerprint density at radius 2 is 2.11 bits per heavy atom. The molecule has 2 rings (SSSR count). The van der Waals surface area contributed by atoms with Crippen LogP contribution in [0.2, 0.25) is 0 Å². The fraction of sp³-hybridized carbons (Fsp3) is 0.500. The molecule has 0 heterocycles. The van der Waals surface area contributed by atoms with Crippen molar-refractivity contribution >= 4 is 17.2 Å². The van der Waals surface area contributed by atoms with Crippen LogP contribution in [0.3, 0.4) is 0 Å². The van der Waals surface area contributed by atoms with Crippen molar-refractivity contribution < 1.29 is 9.13 Å². The van der Waals surface area contributed by atoms with E-state index >= 15 is 0 Å². The van der Waals surface area contributed by atoms with E-state index in [2.05, 4.69) is 6.92 Å². The summed E-state index contributed by atoms with van der Waals surface area (Å²) in [6.45, 7) is 2.19. The molecule has 0 radical (unpaired) electrons. The molecule has 1 aliphatic carbocycles. The average molecular weight is 267 g/mol. The van der Waals surface area contributed by atoms with Gasteiger partial charge in [0.25, 0.3) is 0 Å². The standard InChI is InChI=1S/C14H18FNOS/c1-9-4-2-3-5-12(9)17-13-7-6-10(15)8-11(13)14(16)18/h6-9,12H,2-5H2,1H3,(H2,16,18). The first-order valence-electron chi connectivity index (χ1n) is 6.34. The van der Waals surface area contributed by atoms with Gasteiger partial charge in [0.05, 0.1) is 5.56 Å². The third-order valence-electron chi connectivity index (χ3n) is 3.52. The second-order valence-electron chi connectivity index (χ2n) is 4.92. The molecule has 0 bridgehead atoms. The van der Waals surface area contributed by atoms with Crippen molar-refractivity contribution in [1.29, 1.82) is 0 Å². The fourth-order valence-electron chi connectivity index (χ4n) is 2.42. The van der Waals surface area contributed by atoms with Crippen molar-refractivity contribution in [3.05, 3.63) is 29.6 Å². The summed E-state index contributed by atoms with van der Waals surface area (Å²) in [6, 6.07) is 4.33. The molecular weight excluding hydrogens is 249 g/mol. The van der Waals surface area contributed by atoms with Crippen molar-refractivity contribution in [2.24, 2.45) is 11.7 Å². The van der Waals surface area contributed by atoms with Crippen LogP contribution in [0.15, 0.2) is 18.2 Å². The van der Waals surface area contributed by atoms with E-state index in [4.69, 9.17) is 22.7 Å². The van der Waals surface area contributed by atoms with E-state index in [0.29, 0.717) is 17.2 Å². The number of ether oxygens (including phenoxy) is 1. The van der Waals surface area contributed by atoms with Crippen molar-refractivity contribution in [3.8, 4) is 5.75 Å². The lowest BCUT2D eigenvalue weighted by Gasteiger charge is -2.30. The SMILES string of the molecule is CC1CCCCC1Oc1ccc(F)cc1C(N)=S. The highest BCUT2D eigenvalue weighted by molar-refractivity contribution is 7.80. The molecule has 2 atom stereocenters. The van der Waals surface area contributed by atoms with Crippen LogP contribution in [0, 0.1) is 11.7 Å². The topological polar surface area (TPSA) is 35.2 Å². The molecule has 2 unspecified atom stereocenters. The minimum Gasteiger partial charge on any atom is -0.489 e. The first-order chi connectivity index (χ1) is 8.58. The van der Waals surface area contributed by atoms with Crippen LogP contribution in [0.1, 0.15) is 38.2 Å². The molecule has 0 saturated heterocycles. The van der Waals surface area contributed by atoms with Crippen molar-refractivity contribution in [1.82, 2.24) is 0 Å². The quantitative estimate of drug-likeness (QED) is 0.852. The summed E-state index contributed by atoms with van der Waals surface area (Å²) >= 11 is 4.94. The van der Waals surface area contributed by atoms with Crippen LogP contribution >= 0.6 is 12.2 Å². The molecule has 1 aliphatic rings. The van der Waals surface area contributed by atoms with E-state index in [1.807, 2.05) is 0 Å². The van der Waals surface area contributed by atoms with Crippen molar-refractivity contribution in [3.63, 3.8) is 0 Å². The highest BCUT2D eigenvalue weighted by Gasteiger charge is 2.24. The maximum absolute atomic E-state index is 13.2. The lowest BCUT2D eigenvalue weighted by Crippen LogP contribution is -2.29. The highest BCUT2D eigenvalue weighted by Crippen LogP contribution is 2.30. The third kappa shape index (κ3) is 2.99. The van der Waals surface area contributed by atoms with Gasteiger partial charge in [0.15, 0.2) is 0 Å². The Morgan fingerprint density at radius 1 is 1.39 bits per heavy atom. The molecule has 0 amide bonds. The molecule has 0 spiro atoms. The van der Waals surface area contributed by atoms with Crippen LogP contribution in [0.5, 0.6) is 5.75 Å². The van der Waals surface area contributed by atoms with Crippen molar-refractivity contribution in [2.75, 3.05) is 0 Å². The smallest absolute Gasteiger partial charge is 0.130 e. The van der Waals surface area contributed by atoms with Gasteiger partial charge in [-0.15, -0.1) is 0 Å². The van der Waals surface area contributed by atoms with Gasteiger partial charge in [0, 0.05) is 0 Å². The number of rotatable bonds is 3. The zero-order chi connectivity index (χ0) is 13.1. The van der Waals surface area contributed by atoms with Gasteiger partial charge in [0.2, 0.25) is 0 Å². The fourth-order valence-corrected chi connectivity index (χ4v) is 2.58. The van der Waals surface area contributed by atoms with Crippen molar-refractivity contribution in [2.45, 2.75) is 38.7 Å². The summed E-state index contributed by atoms with van der Waals surface area (Å²) in [5, 5.41) is 0. The molecular formula is C14H18FNOS. The maximum atomic E-state index is 13.2. The van der Waals surface area contributed by atoms with E-state index in [0.717, 1.165) is 6.42 Å². The Morgan fingerprint density at radius 3 is 2.78 bits per heavy atom. The Kier molecular flexibility index (Phi) is 4.17. The van der Waals surface area contributed by atoms with Gasteiger partial charge in [0.1, 0.15) is 22.7 Å². The average Bonchev–Trinajstić information content (AvgIpc) is 2.34. The number of nitrogens with two attached hydrogens (primary N) is 1.